The number of hydrogen-bond acceptors (Lipinski definition) is 5. The maximum Gasteiger partial charge on any atom is 0.322 e. The van der Waals surface area contributed by atoms with Crippen LogP contribution in [-0.2, 0) is 27.8 Å². The van der Waals surface area contributed by atoms with E-state index in [4.69, 9.17) is 11.6 Å². The van der Waals surface area contributed by atoms with Crippen molar-refractivity contribution in [3.63, 3.8) is 0 Å². The van der Waals surface area contributed by atoms with Gasteiger partial charge in [-0.05, 0) is 35.4 Å². The van der Waals surface area contributed by atoms with Crippen molar-refractivity contribution in [3.05, 3.63) is 105 Å². The molecule has 1 aromatic heterocycles. The third kappa shape index (κ3) is 5.04. The number of para-hydroxylation sites is 2. The minimum absolute atomic E-state index is 0.160. The Morgan fingerprint density at radius 1 is 1.06 bits per heavy atom. The third-order valence-electron chi connectivity index (χ3n) is 5.62. The lowest BCUT2D eigenvalue weighted by molar-refractivity contribution is -0.387. The van der Waals surface area contributed by atoms with Gasteiger partial charge in [0.15, 0.2) is 4.90 Å². The summed E-state index contributed by atoms with van der Waals surface area (Å²) in [7, 11) is -4.62. The van der Waals surface area contributed by atoms with Crippen LogP contribution >= 0.6 is 11.6 Å². The van der Waals surface area contributed by atoms with Gasteiger partial charge in [0.25, 0.3) is 15.7 Å². The molecule has 0 aliphatic rings. The van der Waals surface area contributed by atoms with Crippen LogP contribution in [0.3, 0.4) is 0 Å². The molecular weight excluding hydrogens is 494 g/mol. The smallest absolute Gasteiger partial charge is 0.322 e. The maximum absolute atomic E-state index is 13.8. The van der Waals surface area contributed by atoms with E-state index in [0.717, 1.165) is 27.3 Å². The van der Waals surface area contributed by atoms with E-state index in [2.05, 4.69) is 4.98 Å². The van der Waals surface area contributed by atoms with E-state index < -0.39 is 37.5 Å². The van der Waals surface area contributed by atoms with Crippen LogP contribution < -0.4 is 0 Å². The molecule has 1 heterocycles. The van der Waals surface area contributed by atoms with Crippen LogP contribution in [0.15, 0.2) is 83.9 Å². The molecule has 4 aromatic rings. The van der Waals surface area contributed by atoms with Crippen molar-refractivity contribution in [3.8, 4) is 0 Å². The number of H-pyrrole nitrogens is 1. The van der Waals surface area contributed by atoms with Crippen LogP contribution in [0.4, 0.5) is 5.69 Å². The van der Waals surface area contributed by atoms with Gasteiger partial charge in [-0.3, -0.25) is 14.9 Å². The number of nitrogens with one attached hydrogen (secondary N) is 1. The predicted octanol–water partition coefficient (Wildman–Crippen LogP) is 4.62. The van der Waals surface area contributed by atoms with E-state index >= 15 is 0 Å². The molecule has 0 radical (unpaired) electrons. The summed E-state index contributed by atoms with van der Waals surface area (Å²) in [4.78, 5) is 25.7. The van der Waals surface area contributed by atoms with Gasteiger partial charge in [0.05, 0.1) is 4.92 Å². The van der Waals surface area contributed by atoms with Gasteiger partial charge in [-0.25, -0.2) is 8.42 Å². The average molecular weight is 514 g/mol. The van der Waals surface area contributed by atoms with E-state index in [1.165, 1.54) is 12.1 Å². The number of aliphatic carboxylic acids is 1. The number of sulfonamides is 1. The molecule has 9 nitrogen and oxygen atoms in total. The molecule has 0 spiro atoms. The lowest BCUT2D eigenvalue weighted by Crippen LogP contribution is -2.46. The molecule has 4 rings (SSSR count). The topological polar surface area (TPSA) is 134 Å². The molecule has 35 heavy (non-hydrogen) atoms. The first-order valence-electron chi connectivity index (χ1n) is 10.5. The lowest BCUT2D eigenvalue weighted by atomic mass is 10.0. The molecule has 0 saturated carbocycles. The number of rotatable bonds is 9. The second-order valence-corrected chi connectivity index (χ2v) is 10.1. The van der Waals surface area contributed by atoms with Crippen LogP contribution in [0.25, 0.3) is 10.9 Å². The van der Waals surface area contributed by atoms with E-state index in [-0.39, 0.29) is 13.0 Å². The van der Waals surface area contributed by atoms with Crippen molar-refractivity contribution in [1.29, 1.82) is 0 Å². The number of carbonyl (C=O) groups is 1. The van der Waals surface area contributed by atoms with Crippen LogP contribution in [0, 0.1) is 10.1 Å². The Hall–Kier alpha value is -3.73. The van der Waals surface area contributed by atoms with Gasteiger partial charge in [0.2, 0.25) is 0 Å². The van der Waals surface area contributed by atoms with Crippen LogP contribution in [0.5, 0.6) is 0 Å². The van der Waals surface area contributed by atoms with Crippen LogP contribution in [-0.4, -0.2) is 39.7 Å². The number of carboxylic acids is 1. The van der Waals surface area contributed by atoms with Crippen molar-refractivity contribution in [2.24, 2.45) is 0 Å². The fraction of sp³-hybridized carbons (Fsp3) is 0.125. The molecule has 11 heteroatoms. The van der Waals surface area contributed by atoms with Crippen molar-refractivity contribution in [2.75, 3.05) is 0 Å². The first kappa shape index (κ1) is 24.4. The zero-order chi connectivity index (χ0) is 25.2. The zero-order valence-corrected chi connectivity index (χ0v) is 19.7. The number of aromatic amines is 1. The summed E-state index contributed by atoms with van der Waals surface area (Å²) in [6.45, 7) is -0.328. The lowest BCUT2D eigenvalue weighted by Gasteiger charge is -2.28. The van der Waals surface area contributed by atoms with Gasteiger partial charge in [-0.1, -0.05) is 54.1 Å². The van der Waals surface area contributed by atoms with E-state index in [1.54, 1.807) is 42.6 Å². The second kappa shape index (κ2) is 9.87. The van der Waals surface area contributed by atoms with E-state index in [1.807, 2.05) is 12.1 Å². The highest BCUT2D eigenvalue weighted by atomic mass is 35.5. The molecule has 0 unspecified atom stereocenters. The SMILES string of the molecule is O=C(O)[C@H](Cc1c[nH]c2ccccc12)N(Cc1ccc(Cl)cc1)S(=O)(=O)c1ccccc1[N+](=O)[O-]. The molecule has 0 bridgehead atoms. The molecule has 0 fully saturated rings. The Kier molecular flexibility index (Phi) is 6.88. The molecular formula is C24H20ClN3O6S. The fourth-order valence-electron chi connectivity index (χ4n) is 3.91. The Balaban J connectivity index is 1.84. The quantitative estimate of drug-likeness (QED) is 0.248. The number of fused-ring (bicyclic) bond motifs is 1. The van der Waals surface area contributed by atoms with Gasteiger partial charge < -0.3 is 10.1 Å². The van der Waals surface area contributed by atoms with Crippen LogP contribution in [0.2, 0.25) is 5.02 Å². The van der Waals surface area contributed by atoms with Crippen molar-refractivity contribution in [1.82, 2.24) is 9.29 Å². The summed E-state index contributed by atoms with van der Waals surface area (Å²) in [6.07, 6.45) is 1.48. The number of halogens is 1. The summed E-state index contributed by atoms with van der Waals surface area (Å²) >= 11 is 5.95. The largest absolute Gasteiger partial charge is 0.480 e. The van der Waals surface area contributed by atoms with Gasteiger partial charge in [-0.2, -0.15) is 4.31 Å². The minimum Gasteiger partial charge on any atom is -0.480 e. The second-order valence-electron chi connectivity index (χ2n) is 7.82. The normalized spacial score (nSPS) is 12.6. The number of nitrogens with zero attached hydrogens (tertiary/aromatic N) is 2. The Morgan fingerprint density at radius 2 is 1.71 bits per heavy atom. The number of nitro groups is 1. The molecule has 0 saturated heterocycles. The van der Waals surface area contributed by atoms with Gasteiger partial charge in [0, 0.05) is 41.2 Å². The number of aromatic nitrogens is 1. The highest BCUT2D eigenvalue weighted by molar-refractivity contribution is 7.89. The summed E-state index contributed by atoms with van der Waals surface area (Å²) in [5.41, 5.74) is 1.22. The minimum atomic E-state index is -4.62. The monoisotopic (exact) mass is 513 g/mol. The maximum atomic E-state index is 13.8. The van der Waals surface area contributed by atoms with Crippen molar-refractivity contribution in [2.45, 2.75) is 23.9 Å². The molecule has 0 aliphatic carbocycles. The number of nitro benzene ring substituents is 1. The molecule has 2 N–H and O–H groups in total. The fourth-order valence-corrected chi connectivity index (χ4v) is 5.76. The van der Waals surface area contributed by atoms with Crippen LogP contribution in [0.1, 0.15) is 11.1 Å². The van der Waals surface area contributed by atoms with Crippen molar-refractivity contribution >= 4 is 44.2 Å². The molecule has 0 aliphatic heterocycles. The first-order chi connectivity index (χ1) is 16.7. The third-order valence-corrected chi connectivity index (χ3v) is 7.78. The van der Waals surface area contributed by atoms with E-state index in [0.29, 0.717) is 16.1 Å². The highest BCUT2D eigenvalue weighted by Crippen LogP contribution is 2.31. The summed E-state index contributed by atoms with van der Waals surface area (Å²) in [5, 5.41) is 22.9. The summed E-state index contributed by atoms with van der Waals surface area (Å²) < 4.78 is 28.4. The van der Waals surface area contributed by atoms with Crippen molar-refractivity contribution < 1.29 is 23.2 Å². The number of carboxylic acid groups (broad SMARTS) is 1. The standard InChI is InChI=1S/C24H20ClN3O6S/c25-18-11-9-16(10-12-18)15-27(35(33,34)23-8-4-3-7-21(23)28(31)32)22(24(29)30)13-17-14-26-20-6-2-1-5-19(17)20/h1-12,14,22,26H,13,15H2,(H,29,30)/t22-/m0/s1. The highest BCUT2D eigenvalue weighted by Gasteiger charge is 2.39. The molecule has 180 valence electrons. The van der Waals surface area contributed by atoms with Gasteiger partial charge >= 0.3 is 5.97 Å². The predicted molar refractivity (Wildman–Crippen MR) is 131 cm³/mol. The molecule has 1 atom stereocenters. The summed E-state index contributed by atoms with van der Waals surface area (Å²) in [5.74, 6) is -1.38. The zero-order valence-electron chi connectivity index (χ0n) is 18.2. The van der Waals surface area contributed by atoms with Gasteiger partial charge in [0.1, 0.15) is 6.04 Å². The van der Waals surface area contributed by atoms with E-state index in [9.17, 15) is 28.4 Å². The Morgan fingerprint density at radius 3 is 2.40 bits per heavy atom. The number of hydrogen-bond donors (Lipinski definition) is 2. The Labute approximate surface area is 205 Å². The van der Waals surface area contributed by atoms with Gasteiger partial charge in [-0.15, -0.1) is 0 Å². The molecule has 3 aromatic carbocycles. The summed E-state index contributed by atoms with van der Waals surface area (Å²) in [6, 6.07) is 16.9. The number of benzene rings is 3. The average Bonchev–Trinajstić information content (AvgIpc) is 3.25. The first-order valence-corrected chi connectivity index (χ1v) is 12.3. The molecule has 0 amide bonds. The Bertz CT molecular complexity index is 1500.